The number of hydrogen-bond acceptors (Lipinski definition) is 5. The van der Waals surface area contributed by atoms with Crippen LogP contribution in [0.5, 0.6) is 11.5 Å². The number of amides is 1. The zero-order valence-corrected chi connectivity index (χ0v) is 17.8. The Hall–Kier alpha value is -3.32. The Morgan fingerprint density at radius 3 is 2.57 bits per heavy atom. The molecule has 7 nitrogen and oxygen atoms in total. The molecule has 1 amide bonds. The number of aryl methyl sites for hydroxylation is 2. The summed E-state index contributed by atoms with van der Waals surface area (Å²) in [5.41, 5.74) is 4.27. The van der Waals surface area contributed by atoms with Crippen molar-refractivity contribution >= 4 is 11.6 Å². The molecule has 0 spiro atoms. The zero-order chi connectivity index (χ0) is 21.5. The van der Waals surface area contributed by atoms with Crippen molar-refractivity contribution in [1.82, 2.24) is 9.78 Å². The molecule has 3 rings (SSSR count). The number of nitrogens with one attached hydrogen (secondary N) is 1. The monoisotopic (exact) mass is 409 g/mol. The van der Waals surface area contributed by atoms with E-state index in [1.165, 1.54) is 0 Å². The van der Waals surface area contributed by atoms with Gasteiger partial charge in [-0.15, -0.1) is 0 Å². The van der Waals surface area contributed by atoms with E-state index in [9.17, 15) is 4.79 Å². The highest BCUT2D eigenvalue weighted by Crippen LogP contribution is 2.30. The highest BCUT2D eigenvalue weighted by atomic mass is 16.5. The van der Waals surface area contributed by atoms with Gasteiger partial charge in [0.25, 0.3) is 5.91 Å². The van der Waals surface area contributed by atoms with Gasteiger partial charge in [0.1, 0.15) is 6.61 Å². The first-order valence-electron chi connectivity index (χ1n) is 9.71. The van der Waals surface area contributed by atoms with Crippen LogP contribution in [0, 0.1) is 13.8 Å². The van der Waals surface area contributed by atoms with E-state index in [0.717, 1.165) is 17.0 Å². The molecule has 2 aromatic carbocycles. The number of methoxy groups -OCH3 is 2. The zero-order valence-electron chi connectivity index (χ0n) is 17.8. The molecule has 0 fully saturated rings. The van der Waals surface area contributed by atoms with E-state index >= 15 is 0 Å². The average Bonchev–Trinajstić information content (AvgIpc) is 3.05. The van der Waals surface area contributed by atoms with Crippen molar-refractivity contribution in [3.05, 3.63) is 71.0 Å². The SMILES string of the molecule is COCCOc1cc(NC(=O)c2cccc(Cn3nc(C)cc3C)c2)ccc1OC. The van der Waals surface area contributed by atoms with Gasteiger partial charge in [-0.25, -0.2) is 0 Å². The number of nitrogens with zero attached hydrogens (tertiary/aromatic N) is 2. The van der Waals surface area contributed by atoms with Crippen LogP contribution in [0.15, 0.2) is 48.5 Å². The van der Waals surface area contributed by atoms with Crippen LogP contribution < -0.4 is 14.8 Å². The number of benzene rings is 2. The lowest BCUT2D eigenvalue weighted by atomic mass is 10.1. The fraction of sp³-hybridized carbons (Fsp3) is 0.304. The number of anilines is 1. The lowest BCUT2D eigenvalue weighted by Gasteiger charge is -2.13. The molecule has 0 aliphatic rings. The first-order chi connectivity index (χ1) is 14.5. The van der Waals surface area contributed by atoms with E-state index in [4.69, 9.17) is 14.2 Å². The molecule has 0 saturated heterocycles. The quantitative estimate of drug-likeness (QED) is 0.544. The van der Waals surface area contributed by atoms with Crippen molar-refractivity contribution in [2.45, 2.75) is 20.4 Å². The maximum Gasteiger partial charge on any atom is 0.255 e. The Morgan fingerprint density at radius 2 is 1.87 bits per heavy atom. The molecule has 1 N–H and O–H groups in total. The summed E-state index contributed by atoms with van der Waals surface area (Å²) in [6, 6.07) is 14.9. The topological polar surface area (TPSA) is 74.6 Å². The molecule has 1 heterocycles. The molecule has 0 saturated carbocycles. The molecular formula is C23H27N3O4. The summed E-state index contributed by atoms with van der Waals surface area (Å²) >= 11 is 0. The predicted molar refractivity (Wildman–Crippen MR) is 116 cm³/mol. The van der Waals surface area contributed by atoms with Crippen LogP contribution in [0.25, 0.3) is 0 Å². The van der Waals surface area contributed by atoms with Crippen molar-refractivity contribution in [1.29, 1.82) is 0 Å². The maximum atomic E-state index is 12.8. The summed E-state index contributed by atoms with van der Waals surface area (Å²) in [7, 11) is 3.19. The van der Waals surface area contributed by atoms with Gasteiger partial charge in [0.2, 0.25) is 0 Å². The van der Waals surface area contributed by atoms with Crippen molar-refractivity contribution in [3.8, 4) is 11.5 Å². The Morgan fingerprint density at radius 1 is 1.03 bits per heavy atom. The second kappa shape index (κ2) is 9.93. The summed E-state index contributed by atoms with van der Waals surface area (Å²) in [5, 5.41) is 7.40. The van der Waals surface area contributed by atoms with E-state index in [2.05, 4.69) is 10.4 Å². The first-order valence-corrected chi connectivity index (χ1v) is 9.71. The van der Waals surface area contributed by atoms with Crippen LogP contribution in [-0.2, 0) is 11.3 Å². The minimum Gasteiger partial charge on any atom is -0.493 e. The Labute approximate surface area is 176 Å². The lowest BCUT2D eigenvalue weighted by molar-refractivity contribution is 0.102. The number of ether oxygens (including phenoxy) is 3. The van der Waals surface area contributed by atoms with Crippen molar-refractivity contribution in [3.63, 3.8) is 0 Å². The molecule has 0 radical (unpaired) electrons. The molecule has 0 aliphatic carbocycles. The molecule has 0 atom stereocenters. The molecular weight excluding hydrogens is 382 g/mol. The number of rotatable bonds is 9. The average molecular weight is 409 g/mol. The van der Waals surface area contributed by atoms with Crippen molar-refractivity contribution in [2.24, 2.45) is 0 Å². The van der Waals surface area contributed by atoms with Crippen LogP contribution >= 0.6 is 0 Å². The minimum atomic E-state index is -0.196. The molecule has 30 heavy (non-hydrogen) atoms. The van der Waals surface area contributed by atoms with Gasteiger partial charge in [0.05, 0.1) is 26.0 Å². The van der Waals surface area contributed by atoms with Gasteiger partial charge in [0, 0.05) is 30.1 Å². The van der Waals surface area contributed by atoms with Crippen LogP contribution in [-0.4, -0.2) is 43.1 Å². The number of carbonyl (C=O) groups is 1. The highest BCUT2D eigenvalue weighted by Gasteiger charge is 2.11. The summed E-state index contributed by atoms with van der Waals surface area (Å²) < 4.78 is 17.9. The van der Waals surface area contributed by atoms with Gasteiger partial charge in [-0.3, -0.25) is 9.48 Å². The Bertz CT molecular complexity index is 1010. The molecule has 0 bridgehead atoms. The largest absolute Gasteiger partial charge is 0.493 e. The second-order valence-corrected chi connectivity index (χ2v) is 6.95. The number of aromatic nitrogens is 2. The van der Waals surface area contributed by atoms with E-state index in [-0.39, 0.29) is 5.91 Å². The molecule has 0 aliphatic heterocycles. The van der Waals surface area contributed by atoms with E-state index in [0.29, 0.717) is 42.5 Å². The summed E-state index contributed by atoms with van der Waals surface area (Å²) in [6.07, 6.45) is 0. The first kappa shape index (κ1) is 21.4. The lowest BCUT2D eigenvalue weighted by Crippen LogP contribution is -2.13. The minimum absolute atomic E-state index is 0.196. The molecule has 1 aromatic heterocycles. The van der Waals surface area contributed by atoms with Gasteiger partial charge < -0.3 is 19.5 Å². The van der Waals surface area contributed by atoms with Gasteiger partial charge in [0.15, 0.2) is 11.5 Å². The summed E-state index contributed by atoms with van der Waals surface area (Å²) in [6.45, 7) is 5.45. The van der Waals surface area contributed by atoms with Crippen LogP contribution in [0.1, 0.15) is 27.3 Å². The fourth-order valence-corrected chi connectivity index (χ4v) is 3.12. The summed E-state index contributed by atoms with van der Waals surface area (Å²) in [4.78, 5) is 12.8. The molecule has 7 heteroatoms. The third-order valence-corrected chi connectivity index (χ3v) is 4.59. The van der Waals surface area contributed by atoms with Crippen molar-refractivity contribution in [2.75, 3.05) is 32.8 Å². The second-order valence-electron chi connectivity index (χ2n) is 6.95. The van der Waals surface area contributed by atoms with Gasteiger partial charge in [-0.1, -0.05) is 12.1 Å². The van der Waals surface area contributed by atoms with E-state index in [1.54, 1.807) is 38.5 Å². The van der Waals surface area contributed by atoms with Crippen LogP contribution in [0.4, 0.5) is 5.69 Å². The molecule has 0 unspecified atom stereocenters. The van der Waals surface area contributed by atoms with Gasteiger partial charge >= 0.3 is 0 Å². The molecule has 3 aromatic rings. The third-order valence-electron chi connectivity index (χ3n) is 4.59. The van der Waals surface area contributed by atoms with E-state index in [1.807, 2.05) is 42.8 Å². The molecule has 158 valence electrons. The summed E-state index contributed by atoms with van der Waals surface area (Å²) in [5.74, 6) is 0.944. The van der Waals surface area contributed by atoms with Gasteiger partial charge in [-0.05, 0) is 49.7 Å². The van der Waals surface area contributed by atoms with Crippen LogP contribution in [0.2, 0.25) is 0 Å². The normalized spacial score (nSPS) is 10.7. The maximum absolute atomic E-state index is 12.8. The number of carbonyl (C=O) groups excluding carboxylic acids is 1. The van der Waals surface area contributed by atoms with E-state index < -0.39 is 0 Å². The van der Waals surface area contributed by atoms with Crippen molar-refractivity contribution < 1.29 is 19.0 Å². The third kappa shape index (κ3) is 5.39. The standard InChI is InChI=1S/C23H27N3O4/c1-16-12-17(2)26(25-16)15-18-6-5-7-19(13-18)23(27)24-20-8-9-21(29-4)22(14-20)30-11-10-28-3/h5-9,12-14H,10-11,15H2,1-4H3,(H,24,27). The Kier molecular flexibility index (Phi) is 7.08. The smallest absolute Gasteiger partial charge is 0.255 e. The van der Waals surface area contributed by atoms with Gasteiger partial charge in [-0.2, -0.15) is 5.10 Å². The number of hydrogen-bond donors (Lipinski definition) is 1. The fourth-order valence-electron chi connectivity index (χ4n) is 3.12. The highest BCUT2D eigenvalue weighted by molar-refractivity contribution is 6.04. The predicted octanol–water partition coefficient (Wildman–Crippen LogP) is 3.83. The van der Waals surface area contributed by atoms with Crippen LogP contribution in [0.3, 0.4) is 0 Å². The Balaban J connectivity index is 1.72.